The van der Waals surface area contributed by atoms with Crippen molar-refractivity contribution in [2.45, 2.75) is 32.8 Å². The van der Waals surface area contributed by atoms with Crippen molar-refractivity contribution in [3.8, 4) is 11.5 Å². The Hall–Kier alpha value is -1.32. The van der Waals surface area contributed by atoms with Gasteiger partial charge in [0, 0.05) is 10.0 Å². The van der Waals surface area contributed by atoms with Crippen LogP contribution in [0.4, 0.5) is 0 Å². The van der Waals surface area contributed by atoms with E-state index in [-0.39, 0.29) is 0 Å². The van der Waals surface area contributed by atoms with Crippen molar-refractivity contribution < 1.29 is 9.84 Å². The second kappa shape index (κ2) is 6.42. The Kier molecular flexibility index (Phi) is 4.84. The molecule has 2 aromatic rings. The van der Waals surface area contributed by atoms with Crippen LogP contribution in [0.5, 0.6) is 11.5 Å². The van der Waals surface area contributed by atoms with Crippen molar-refractivity contribution >= 4 is 15.9 Å². The second-order valence-electron chi connectivity index (χ2n) is 5.15. The maximum atomic E-state index is 9.82. The predicted octanol–water partition coefficient (Wildman–Crippen LogP) is 5.42. The summed E-state index contributed by atoms with van der Waals surface area (Å²) in [5.74, 6) is 1.89. The molecule has 0 fully saturated rings. The highest BCUT2D eigenvalue weighted by Gasteiger charge is 2.13. The number of para-hydroxylation sites is 1. The number of aliphatic hydroxyl groups is 1. The lowest BCUT2D eigenvalue weighted by molar-refractivity contribution is 0.195. The van der Waals surface area contributed by atoms with Crippen molar-refractivity contribution in [1.82, 2.24) is 0 Å². The quantitative estimate of drug-likeness (QED) is 0.809. The molecule has 0 aromatic heterocycles. The standard InChI is InChI=1S/C17H19BrO2/c1-11(2)15-10-13(18)8-9-17(15)20-16-7-5-4-6-14(16)12(3)19/h4-12,19H,1-3H3/t12-/m0/s1. The van der Waals surface area contributed by atoms with Crippen molar-refractivity contribution in [3.63, 3.8) is 0 Å². The van der Waals surface area contributed by atoms with E-state index >= 15 is 0 Å². The molecule has 2 aromatic carbocycles. The first-order valence-electron chi connectivity index (χ1n) is 6.73. The second-order valence-corrected chi connectivity index (χ2v) is 6.07. The van der Waals surface area contributed by atoms with Crippen molar-refractivity contribution in [1.29, 1.82) is 0 Å². The minimum Gasteiger partial charge on any atom is -0.457 e. The van der Waals surface area contributed by atoms with Crippen molar-refractivity contribution in [2.75, 3.05) is 0 Å². The van der Waals surface area contributed by atoms with Crippen LogP contribution in [0.1, 0.15) is 43.9 Å². The Morgan fingerprint density at radius 3 is 2.25 bits per heavy atom. The van der Waals surface area contributed by atoms with Crippen LogP contribution in [0.3, 0.4) is 0 Å². The van der Waals surface area contributed by atoms with Gasteiger partial charge in [-0.2, -0.15) is 0 Å². The topological polar surface area (TPSA) is 29.5 Å². The van der Waals surface area contributed by atoms with Gasteiger partial charge in [0.1, 0.15) is 11.5 Å². The van der Waals surface area contributed by atoms with E-state index in [9.17, 15) is 5.11 Å². The minimum absolute atomic E-state index is 0.362. The molecule has 20 heavy (non-hydrogen) atoms. The Bertz CT molecular complexity index is 591. The molecule has 0 saturated heterocycles. The van der Waals surface area contributed by atoms with E-state index in [4.69, 9.17) is 4.74 Å². The number of benzene rings is 2. The van der Waals surface area contributed by atoms with E-state index in [0.29, 0.717) is 11.7 Å². The van der Waals surface area contributed by atoms with Gasteiger partial charge in [-0.3, -0.25) is 0 Å². The largest absolute Gasteiger partial charge is 0.457 e. The monoisotopic (exact) mass is 334 g/mol. The summed E-state index contributed by atoms with van der Waals surface area (Å²) in [6, 6.07) is 13.6. The van der Waals surface area contributed by atoms with Crippen LogP contribution in [-0.4, -0.2) is 5.11 Å². The zero-order chi connectivity index (χ0) is 14.7. The number of hydrogen-bond acceptors (Lipinski definition) is 2. The van der Waals surface area contributed by atoms with Crippen LogP contribution in [0.2, 0.25) is 0 Å². The first-order chi connectivity index (χ1) is 9.49. The van der Waals surface area contributed by atoms with Crippen LogP contribution in [0.25, 0.3) is 0 Å². The fraction of sp³-hybridized carbons (Fsp3) is 0.294. The molecule has 0 heterocycles. The lowest BCUT2D eigenvalue weighted by Crippen LogP contribution is -1.98. The van der Waals surface area contributed by atoms with Gasteiger partial charge in [-0.1, -0.05) is 48.0 Å². The molecule has 0 radical (unpaired) electrons. The zero-order valence-corrected chi connectivity index (χ0v) is 13.5. The molecule has 3 heteroatoms. The van der Waals surface area contributed by atoms with Crippen LogP contribution in [0.15, 0.2) is 46.9 Å². The van der Waals surface area contributed by atoms with Gasteiger partial charge < -0.3 is 9.84 Å². The lowest BCUT2D eigenvalue weighted by Gasteiger charge is -2.17. The van der Waals surface area contributed by atoms with Crippen LogP contribution in [0, 0.1) is 0 Å². The molecule has 0 spiro atoms. The normalized spacial score (nSPS) is 12.5. The zero-order valence-electron chi connectivity index (χ0n) is 11.9. The van der Waals surface area contributed by atoms with E-state index in [2.05, 4.69) is 35.8 Å². The molecule has 0 aliphatic rings. The predicted molar refractivity (Wildman–Crippen MR) is 85.4 cm³/mol. The van der Waals surface area contributed by atoms with E-state index in [0.717, 1.165) is 21.3 Å². The van der Waals surface area contributed by atoms with Crippen molar-refractivity contribution in [3.05, 3.63) is 58.1 Å². The van der Waals surface area contributed by atoms with Gasteiger partial charge >= 0.3 is 0 Å². The summed E-state index contributed by atoms with van der Waals surface area (Å²) in [6.45, 7) is 6.01. The average Bonchev–Trinajstić information content (AvgIpc) is 2.41. The molecule has 0 aliphatic heterocycles. The third-order valence-corrected chi connectivity index (χ3v) is 3.68. The molecule has 0 bridgehead atoms. The molecule has 2 rings (SSSR count). The molecule has 0 aliphatic carbocycles. The number of hydrogen-bond donors (Lipinski definition) is 1. The Balaban J connectivity index is 2.40. The first kappa shape index (κ1) is 15.1. The number of ether oxygens (including phenoxy) is 1. The molecule has 106 valence electrons. The summed E-state index contributed by atoms with van der Waals surface area (Å²) < 4.78 is 7.08. The summed E-state index contributed by atoms with van der Waals surface area (Å²) in [4.78, 5) is 0. The average molecular weight is 335 g/mol. The van der Waals surface area contributed by atoms with E-state index in [1.54, 1.807) is 6.92 Å². The van der Waals surface area contributed by atoms with Gasteiger partial charge in [0.2, 0.25) is 0 Å². The molecule has 1 atom stereocenters. The summed E-state index contributed by atoms with van der Waals surface area (Å²) >= 11 is 3.49. The Morgan fingerprint density at radius 1 is 0.950 bits per heavy atom. The number of aliphatic hydroxyl groups excluding tert-OH is 1. The molecule has 0 unspecified atom stereocenters. The number of halogens is 1. The fourth-order valence-corrected chi connectivity index (χ4v) is 2.48. The number of rotatable bonds is 4. The smallest absolute Gasteiger partial charge is 0.133 e. The maximum Gasteiger partial charge on any atom is 0.133 e. The summed E-state index contributed by atoms with van der Waals surface area (Å²) in [6.07, 6.45) is -0.552. The lowest BCUT2D eigenvalue weighted by atomic mass is 10.0. The van der Waals surface area contributed by atoms with Crippen LogP contribution < -0.4 is 4.74 Å². The third-order valence-electron chi connectivity index (χ3n) is 3.18. The van der Waals surface area contributed by atoms with E-state index in [1.807, 2.05) is 36.4 Å². The molecule has 2 nitrogen and oxygen atoms in total. The molecular weight excluding hydrogens is 316 g/mol. The van der Waals surface area contributed by atoms with E-state index < -0.39 is 6.10 Å². The summed E-state index contributed by atoms with van der Waals surface area (Å²) in [5.41, 5.74) is 1.94. The molecule has 1 N–H and O–H groups in total. The van der Waals surface area contributed by atoms with Crippen LogP contribution >= 0.6 is 15.9 Å². The third kappa shape index (κ3) is 3.41. The van der Waals surface area contributed by atoms with Gasteiger partial charge in [0.25, 0.3) is 0 Å². The highest BCUT2D eigenvalue weighted by atomic mass is 79.9. The molecule has 0 amide bonds. The minimum atomic E-state index is -0.552. The SMILES string of the molecule is CC(C)c1cc(Br)ccc1Oc1ccccc1[C@H](C)O. The van der Waals surface area contributed by atoms with Gasteiger partial charge in [-0.15, -0.1) is 0 Å². The summed E-state index contributed by atoms with van der Waals surface area (Å²) in [7, 11) is 0. The Labute approximate surface area is 128 Å². The molecular formula is C17H19BrO2. The van der Waals surface area contributed by atoms with Crippen LogP contribution in [-0.2, 0) is 0 Å². The Morgan fingerprint density at radius 2 is 1.60 bits per heavy atom. The van der Waals surface area contributed by atoms with Crippen molar-refractivity contribution in [2.24, 2.45) is 0 Å². The van der Waals surface area contributed by atoms with Gasteiger partial charge in [-0.05, 0) is 42.7 Å². The first-order valence-corrected chi connectivity index (χ1v) is 7.52. The molecule has 0 saturated carbocycles. The highest BCUT2D eigenvalue weighted by molar-refractivity contribution is 9.10. The maximum absolute atomic E-state index is 9.82. The summed E-state index contributed by atoms with van der Waals surface area (Å²) in [5, 5.41) is 9.82. The van der Waals surface area contributed by atoms with Gasteiger partial charge in [0.05, 0.1) is 6.10 Å². The van der Waals surface area contributed by atoms with Gasteiger partial charge in [0.15, 0.2) is 0 Å². The highest BCUT2D eigenvalue weighted by Crippen LogP contribution is 2.35. The van der Waals surface area contributed by atoms with E-state index in [1.165, 1.54) is 0 Å². The van der Waals surface area contributed by atoms with Gasteiger partial charge in [-0.25, -0.2) is 0 Å². The fourth-order valence-electron chi connectivity index (χ4n) is 2.10.